The number of carbonyl (C=O) groups excluding carboxylic acids is 5. The van der Waals surface area contributed by atoms with Crippen LogP contribution in [0.4, 0.5) is 10.5 Å². The Morgan fingerprint density at radius 2 is 1.70 bits per heavy atom. The van der Waals surface area contributed by atoms with E-state index in [1.54, 1.807) is 30.3 Å². The Labute approximate surface area is 226 Å². The van der Waals surface area contributed by atoms with Crippen LogP contribution < -0.4 is 5.32 Å². The summed E-state index contributed by atoms with van der Waals surface area (Å²) in [5, 5.41) is 13.5. The van der Waals surface area contributed by atoms with Crippen LogP contribution in [0.2, 0.25) is 0 Å². The van der Waals surface area contributed by atoms with Crippen LogP contribution in [0.25, 0.3) is 0 Å². The van der Waals surface area contributed by atoms with Crippen molar-refractivity contribution in [2.45, 2.75) is 43.9 Å². The number of alkyl carbamates (subject to hydrolysis) is 1. The Bertz CT molecular complexity index is 1320. The highest BCUT2D eigenvalue weighted by Crippen LogP contribution is 2.37. The zero-order valence-corrected chi connectivity index (χ0v) is 21.0. The number of cyclic esters (lactones) is 1. The number of non-ortho nitro benzene ring substituents is 1. The lowest BCUT2D eigenvalue weighted by atomic mass is 10.1. The zero-order chi connectivity index (χ0) is 28.9. The van der Waals surface area contributed by atoms with Crippen molar-refractivity contribution in [1.29, 1.82) is 0 Å². The van der Waals surface area contributed by atoms with Gasteiger partial charge in [0.25, 0.3) is 11.6 Å². The summed E-state index contributed by atoms with van der Waals surface area (Å²) in [6, 6.07) is 12.1. The summed E-state index contributed by atoms with van der Waals surface area (Å²) in [6.45, 7) is -0.538. The first kappa shape index (κ1) is 28.0. The minimum absolute atomic E-state index is 0.141. The molecule has 15 heteroatoms. The SMILES string of the molecule is COC(=O)[C@@H]1ON(C2(C(=O)OCc3ccc([N+](=O)[O-])cc3)CCC(=O)O2)C(=O)[C@H]1NC(=O)OCc1ccccc1. The van der Waals surface area contributed by atoms with Crippen molar-refractivity contribution >= 4 is 35.6 Å². The highest BCUT2D eigenvalue weighted by Gasteiger charge is 2.63. The van der Waals surface area contributed by atoms with Crippen LogP contribution in [0, 0.1) is 10.1 Å². The molecule has 2 saturated heterocycles. The number of methoxy groups -OCH3 is 1. The van der Waals surface area contributed by atoms with Gasteiger partial charge in [-0.1, -0.05) is 30.3 Å². The molecule has 4 rings (SSSR count). The third-order valence-electron chi connectivity index (χ3n) is 6.02. The maximum atomic E-state index is 13.4. The van der Waals surface area contributed by atoms with Crippen LogP contribution >= 0.6 is 0 Å². The lowest BCUT2D eigenvalue weighted by Crippen LogP contribution is -2.57. The van der Waals surface area contributed by atoms with Gasteiger partial charge < -0.3 is 24.3 Å². The van der Waals surface area contributed by atoms with Crippen molar-refractivity contribution in [3.8, 4) is 0 Å². The summed E-state index contributed by atoms with van der Waals surface area (Å²) in [5.41, 5.74) is -1.57. The van der Waals surface area contributed by atoms with Gasteiger partial charge in [-0.05, 0) is 23.3 Å². The quantitative estimate of drug-likeness (QED) is 0.201. The van der Waals surface area contributed by atoms with Gasteiger partial charge in [-0.25, -0.2) is 19.2 Å². The summed E-state index contributed by atoms with van der Waals surface area (Å²) in [4.78, 5) is 79.3. The van der Waals surface area contributed by atoms with E-state index >= 15 is 0 Å². The minimum Gasteiger partial charge on any atom is -0.467 e. The fourth-order valence-electron chi connectivity index (χ4n) is 3.98. The molecular weight excluding hydrogens is 534 g/mol. The van der Waals surface area contributed by atoms with Crippen molar-refractivity contribution in [3.05, 3.63) is 75.8 Å². The van der Waals surface area contributed by atoms with Crippen LogP contribution in [0.15, 0.2) is 54.6 Å². The number of carbonyl (C=O) groups is 5. The standard InChI is InChI=1S/C25H23N3O12/c1-36-22(31)20-19(26-24(33)38-14-15-5-3-2-4-6-15)21(30)27(40-20)25(12-11-18(29)39-25)23(32)37-13-16-7-9-17(10-8-16)28(34)35/h2-10,19-20H,11-14H2,1H3,(H,26,33)/t19-,20+,25?/m0/s1. The van der Waals surface area contributed by atoms with Crippen LogP contribution in [-0.4, -0.2) is 64.9 Å². The van der Waals surface area contributed by atoms with Crippen LogP contribution in [0.5, 0.6) is 0 Å². The third-order valence-corrected chi connectivity index (χ3v) is 6.02. The molecule has 15 nitrogen and oxygen atoms in total. The van der Waals surface area contributed by atoms with Gasteiger partial charge in [0.2, 0.25) is 6.10 Å². The van der Waals surface area contributed by atoms with Gasteiger partial charge in [0.15, 0.2) is 6.04 Å². The molecule has 0 aromatic heterocycles. The van der Waals surface area contributed by atoms with Crippen molar-refractivity contribution < 1.29 is 52.7 Å². The predicted molar refractivity (Wildman–Crippen MR) is 128 cm³/mol. The number of ether oxygens (including phenoxy) is 4. The van der Waals surface area contributed by atoms with Gasteiger partial charge in [-0.3, -0.25) is 19.7 Å². The summed E-state index contributed by atoms with van der Waals surface area (Å²) in [5.74, 6) is -4.23. The average Bonchev–Trinajstić information content (AvgIpc) is 3.51. The second kappa shape index (κ2) is 11.8. The highest BCUT2D eigenvalue weighted by molar-refractivity contribution is 5.98. The van der Waals surface area contributed by atoms with E-state index in [4.69, 9.17) is 19.0 Å². The molecule has 1 N–H and O–H groups in total. The van der Waals surface area contributed by atoms with E-state index in [-0.39, 0.29) is 25.1 Å². The molecule has 0 saturated carbocycles. The van der Waals surface area contributed by atoms with Gasteiger partial charge in [0.05, 0.1) is 18.5 Å². The van der Waals surface area contributed by atoms with Crippen molar-refractivity contribution in [3.63, 3.8) is 0 Å². The molecule has 0 aliphatic carbocycles. The van der Waals surface area contributed by atoms with E-state index in [9.17, 15) is 34.1 Å². The largest absolute Gasteiger partial charge is 0.467 e. The number of rotatable bonds is 9. The number of hydroxylamine groups is 2. The lowest BCUT2D eigenvalue weighted by molar-refractivity contribution is -0.384. The molecule has 2 fully saturated rings. The van der Waals surface area contributed by atoms with Gasteiger partial charge in [0.1, 0.15) is 13.2 Å². The second-order valence-electron chi connectivity index (χ2n) is 8.62. The van der Waals surface area contributed by atoms with E-state index in [0.29, 0.717) is 16.2 Å². The molecular formula is C25H23N3O12. The monoisotopic (exact) mass is 557 g/mol. The Kier molecular flexibility index (Phi) is 8.23. The molecule has 2 heterocycles. The number of esters is 3. The average molecular weight is 557 g/mol. The maximum absolute atomic E-state index is 13.4. The molecule has 3 atom stereocenters. The first-order chi connectivity index (χ1) is 19.1. The number of amides is 2. The van der Waals surface area contributed by atoms with Crippen LogP contribution in [0.3, 0.4) is 0 Å². The highest BCUT2D eigenvalue weighted by atomic mass is 16.8. The fraction of sp³-hybridized carbons (Fsp3) is 0.320. The lowest BCUT2D eigenvalue weighted by Gasteiger charge is -2.32. The number of nitrogens with one attached hydrogen (secondary N) is 1. The number of hydrogen-bond acceptors (Lipinski definition) is 12. The molecule has 1 unspecified atom stereocenters. The van der Waals surface area contributed by atoms with E-state index in [1.807, 2.05) is 0 Å². The molecule has 2 amide bonds. The van der Waals surface area contributed by atoms with Crippen molar-refractivity contribution in [2.75, 3.05) is 7.11 Å². The van der Waals surface area contributed by atoms with Gasteiger partial charge in [0, 0.05) is 18.6 Å². The van der Waals surface area contributed by atoms with E-state index in [2.05, 4.69) is 10.1 Å². The van der Waals surface area contributed by atoms with E-state index < -0.39 is 59.3 Å². The zero-order valence-electron chi connectivity index (χ0n) is 21.0. The summed E-state index contributed by atoms with van der Waals surface area (Å²) in [6.07, 6.45) is -3.49. The smallest absolute Gasteiger partial charge is 0.408 e. The number of benzene rings is 2. The molecule has 2 aliphatic heterocycles. The summed E-state index contributed by atoms with van der Waals surface area (Å²) >= 11 is 0. The molecule has 210 valence electrons. The number of nitrogens with zero attached hydrogens (tertiary/aromatic N) is 2. The Hall–Kier alpha value is -5.05. The Balaban J connectivity index is 1.51. The Morgan fingerprint density at radius 3 is 2.30 bits per heavy atom. The number of hydrogen-bond donors (Lipinski definition) is 1. The Morgan fingerprint density at radius 1 is 1.05 bits per heavy atom. The predicted octanol–water partition coefficient (Wildman–Crippen LogP) is 1.28. The fourth-order valence-corrected chi connectivity index (χ4v) is 3.98. The van der Waals surface area contributed by atoms with Crippen molar-refractivity contribution in [1.82, 2.24) is 10.4 Å². The van der Waals surface area contributed by atoms with Gasteiger partial charge in [-0.15, -0.1) is 0 Å². The van der Waals surface area contributed by atoms with Gasteiger partial charge >= 0.3 is 29.7 Å². The minimum atomic E-state index is -2.41. The molecule has 2 aromatic carbocycles. The van der Waals surface area contributed by atoms with Crippen LogP contribution in [0.1, 0.15) is 24.0 Å². The van der Waals surface area contributed by atoms with Crippen LogP contribution in [-0.2, 0) is 56.2 Å². The number of nitro benzene ring substituents is 1. The summed E-state index contributed by atoms with van der Waals surface area (Å²) in [7, 11) is 1.02. The third kappa shape index (κ3) is 5.83. The maximum Gasteiger partial charge on any atom is 0.408 e. The molecule has 0 spiro atoms. The molecule has 0 bridgehead atoms. The van der Waals surface area contributed by atoms with Gasteiger partial charge in [-0.2, -0.15) is 5.06 Å². The van der Waals surface area contributed by atoms with E-state index in [0.717, 1.165) is 7.11 Å². The summed E-state index contributed by atoms with van der Waals surface area (Å²) < 4.78 is 20.3. The first-order valence-corrected chi connectivity index (χ1v) is 11.8. The molecule has 2 aromatic rings. The molecule has 2 aliphatic rings. The normalized spacial score (nSPS) is 21.9. The van der Waals surface area contributed by atoms with E-state index in [1.165, 1.54) is 24.3 Å². The molecule has 0 radical (unpaired) electrons. The van der Waals surface area contributed by atoms with Crippen molar-refractivity contribution in [2.24, 2.45) is 0 Å². The number of nitro groups is 1. The molecule has 40 heavy (non-hydrogen) atoms. The topological polar surface area (TPSA) is 190 Å². The second-order valence-corrected chi connectivity index (χ2v) is 8.62. The first-order valence-electron chi connectivity index (χ1n) is 11.8.